The first-order chi connectivity index (χ1) is 7.58. The molecule has 0 aliphatic rings. The summed E-state index contributed by atoms with van der Waals surface area (Å²) < 4.78 is 18.5. The highest BCUT2D eigenvalue weighted by molar-refractivity contribution is 6.30. The van der Waals surface area contributed by atoms with E-state index in [1.807, 2.05) is 0 Å². The van der Waals surface area contributed by atoms with Crippen LogP contribution < -0.4 is 0 Å². The fraction of sp³-hybridized carbons (Fsp3) is 0.0833. The summed E-state index contributed by atoms with van der Waals surface area (Å²) in [4.78, 5) is 11.8. The van der Waals surface area contributed by atoms with Crippen molar-refractivity contribution in [1.82, 2.24) is 0 Å². The molecule has 82 valence electrons. The van der Waals surface area contributed by atoms with Crippen molar-refractivity contribution in [3.63, 3.8) is 0 Å². The van der Waals surface area contributed by atoms with Crippen LogP contribution in [-0.4, -0.2) is 5.78 Å². The highest BCUT2D eigenvalue weighted by atomic mass is 35.5. The number of benzene rings is 1. The zero-order valence-electron chi connectivity index (χ0n) is 8.46. The lowest BCUT2D eigenvalue weighted by Gasteiger charge is -2.00. The molecule has 0 bridgehead atoms. The molecule has 0 radical (unpaired) electrons. The van der Waals surface area contributed by atoms with Crippen molar-refractivity contribution in [2.24, 2.45) is 0 Å². The third kappa shape index (κ3) is 1.99. The minimum atomic E-state index is -0.628. The van der Waals surface area contributed by atoms with Gasteiger partial charge in [-0.05, 0) is 31.2 Å². The molecule has 0 fully saturated rings. The highest BCUT2D eigenvalue weighted by Gasteiger charge is 2.15. The first-order valence-electron chi connectivity index (χ1n) is 4.63. The Labute approximate surface area is 96.6 Å². The molecule has 4 heteroatoms. The van der Waals surface area contributed by atoms with E-state index in [2.05, 4.69) is 0 Å². The predicted molar refractivity (Wildman–Crippen MR) is 58.3 cm³/mol. The third-order valence-electron chi connectivity index (χ3n) is 2.17. The van der Waals surface area contributed by atoms with Crippen LogP contribution in [0.25, 0.3) is 0 Å². The van der Waals surface area contributed by atoms with Crippen molar-refractivity contribution in [2.75, 3.05) is 0 Å². The lowest BCUT2D eigenvalue weighted by atomic mass is 10.1. The quantitative estimate of drug-likeness (QED) is 0.748. The van der Waals surface area contributed by atoms with Gasteiger partial charge < -0.3 is 4.42 Å². The van der Waals surface area contributed by atoms with E-state index in [1.165, 1.54) is 18.4 Å². The van der Waals surface area contributed by atoms with E-state index >= 15 is 0 Å². The Kier molecular flexibility index (Phi) is 2.79. The van der Waals surface area contributed by atoms with E-state index in [9.17, 15) is 9.18 Å². The first-order valence-corrected chi connectivity index (χ1v) is 5.00. The SMILES string of the molecule is Cc1cc(C(=O)c2ccc(Cl)cc2F)co1. The summed E-state index contributed by atoms with van der Waals surface area (Å²) in [6.45, 7) is 1.72. The average Bonchev–Trinajstić information content (AvgIpc) is 2.64. The van der Waals surface area contributed by atoms with Crippen LogP contribution in [0.2, 0.25) is 5.02 Å². The fourth-order valence-electron chi connectivity index (χ4n) is 1.39. The van der Waals surface area contributed by atoms with Gasteiger partial charge in [0.1, 0.15) is 17.8 Å². The minimum absolute atomic E-state index is 0.00907. The van der Waals surface area contributed by atoms with E-state index in [1.54, 1.807) is 13.0 Å². The van der Waals surface area contributed by atoms with Crippen molar-refractivity contribution in [1.29, 1.82) is 0 Å². The topological polar surface area (TPSA) is 30.2 Å². The van der Waals surface area contributed by atoms with Gasteiger partial charge in [0, 0.05) is 5.02 Å². The first kappa shape index (κ1) is 10.9. The van der Waals surface area contributed by atoms with Gasteiger partial charge in [0.15, 0.2) is 5.78 Å². The molecule has 0 amide bonds. The van der Waals surface area contributed by atoms with Gasteiger partial charge in [-0.2, -0.15) is 0 Å². The number of hydrogen-bond acceptors (Lipinski definition) is 2. The van der Waals surface area contributed by atoms with Crippen molar-refractivity contribution in [2.45, 2.75) is 6.92 Å². The van der Waals surface area contributed by atoms with Gasteiger partial charge in [-0.25, -0.2) is 4.39 Å². The number of halogens is 2. The van der Waals surface area contributed by atoms with Crippen LogP contribution in [0.3, 0.4) is 0 Å². The summed E-state index contributed by atoms with van der Waals surface area (Å²) in [5.41, 5.74) is 0.323. The van der Waals surface area contributed by atoms with E-state index in [0.29, 0.717) is 11.3 Å². The maximum atomic E-state index is 13.5. The van der Waals surface area contributed by atoms with Gasteiger partial charge in [0.2, 0.25) is 0 Å². The zero-order valence-corrected chi connectivity index (χ0v) is 9.22. The van der Waals surface area contributed by atoms with Crippen molar-refractivity contribution >= 4 is 17.4 Å². The number of furan rings is 1. The molecule has 0 atom stereocenters. The maximum Gasteiger partial charge on any atom is 0.199 e. The standard InChI is InChI=1S/C12H8ClFO2/c1-7-4-8(6-16-7)12(15)10-3-2-9(13)5-11(10)14/h2-6H,1H3. The Hall–Kier alpha value is -1.61. The Morgan fingerprint density at radius 3 is 2.69 bits per heavy atom. The second-order valence-electron chi connectivity index (χ2n) is 3.40. The summed E-state index contributed by atoms with van der Waals surface area (Å²) in [5, 5.41) is 0.262. The number of ketones is 1. The van der Waals surface area contributed by atoms with E-state index in [4.69, 9.17) is 16.0 Å². The molecule has 1 heterocycles. The van der Waals surface area contributed by atoms with Crippen LogP contribution in [0.15, 0.2) is 34.9 Å². The van der Waals surface area contributed by atoms with Gasteiger partial charge in [0.25, 0.3) is 0 Å². The van der Waals surface area contributed by atoms with Crippen molar-refractivity contribution in [3.05, 3.63) is 58.3 Å². The Bertz CT molecular complexity index is 546. The van der Waals surface area contributed by atoms with Crippen LogP contribution in [0.1, 0.15) is 21.7 Å². The molecular formula is C12H8ClFO2. The second kappa shape index (κ2) is 4.10. The molecular weight excluding hydrogens is 231 g/mol. The monoisotopic (exact) mass is 238 g/mol. The molecule has 0 aliphatic carbocycles. The summed E-state index contributed by atoms with van der Waals surface area (Å²) in [6.07, 6.45) is 1.31. The molecule has 0 saturated heterocycles. The number of aryl methyl sites for hydroxylation is 1. The van der Waals surface area contributed by atoms with Gasteiger partial charge in [-0.15, -0.1) is 0 Å². The molecule has 1 aromatic carbocycles. The Balaban J connectivity index is 2.41. The molecule has 0 saturated carbocycles. The molecule has 0 unspecified atom stereocenters. The summed E-state index contributed by atoms with van der Waals surface area (Å²) in [6, 6.07) is 5.52. The normalized spacial score (nSPS) is 10.4. The van der Waals surface area contributed by atoms with Crippen LogP contribution in [0, 0.1) is 12.7 Å². The zero-order chi connectivity index (χ0) is 11.7. The van der Waals surface area contributed by atoms with Crippen LogP contribution in [0.5, 0.6) is 0 Å². The van der Waals surface area contributed by atoms with Crippen molar-refractivity contribution in [3.8, 4) is 0 Å². The third-order valence-corrected chi connectivity index (χ3v) is 2.40. The lowest BCUT2D eigenvalue weighted by molar-refractivity contribution is 0.103. The van der Waals surface area contributed by atoms with Gasteiger partial charge in [-0.3, -0.25) is 4.79 Å². The minimum Gasteiger partial charge on any atom is -0.469 e. The summed E-state index contributed by atoms with van der Waals surface area (Å²) >= 11 is 5.60. The molecule has 2 rings (SSSR count). The molecule has 0 spiro atoms. The maximum absolute atomic E-state index is 13.5. The van der Waals surface area contributed by atoms with Gasteiger partial charge >= 0.3 is 0 Å². The van der Waals surface area contributed by atoms with Gasteiger partial charge in [0.05, 0.1) is 11.1 Å². The molecule has 1 aromatic heterocycles. The van der Waals surface area contributed by atoms with Crippen LogP contribution in [-0.2, 0) is 0 Å². The Morgan fingerprint density at radius 1 is 1.38 bits per heavy atom. The summed E-state index contributed by atoms with van der Waals surface area (Å²) in [5.74, 6) is -0.430. The van der Waals surface area contributed by atoms with Crippen molar-refractivity contribution < 1.29 is 13.6 Å². The van der Waals surface area contributed by atoms with E-state index in [-0.39, 0.29) is 10.6 Å². The Morgan fingerprint density at radius 2 is 2.12 bits per heavy atom. The number of carbonyl (C=O) groups excluding carboxylic acids is 1. The van der Waals surface area contributed by atoms with E-state index in [0.717, 1.165) is 6.07 Å². The molecule has 16 heavy (non-hydrogen) atoms. The van der Waals surface area contributed by atoms with E-state index < -0.39 is 11.6 Å². The van der Waals surface area contributed by atoms with Gasteiger partial charge in [-0.1, -0.05) is 11.6 Å². The number of rotatable bonds is 2. The van der Waals surface area contributed by atoms with Crippen LogP contribution in [0.4, 0.5) is 4.39 Å². The largest absolute Gasteiger partial charge is 0.469 e. The van der Waals surface area contributed by atoms with Crippen LogP contribution >= 0.6 is 11.6 Å². The molecule has 2 aromatic rings. The smallest absolute Gasteiger partial charge is 0.199 e. The molecule has 2 nitrogen and oxygen atoms in total. The number of carbonyl (C=O) groups is 1. The highest BCUT2D eigenvalue weighted by Crippen LogP contribution is 2.19. The lowest BCUT2D eigenvalue weighted by Crippen LogP contribution is -2.02. The number of hydrogen-bond donors (Lipinski definition) is 0. The average molecular weight is 239 g/mol. The predicted octanol–water partition coefficient (Wildman–Crippen LogP) is 3.61. The fourth-order valence-corrected chi connectivity index (χ4v) is 1.55. The molecule has 0 aliphatic heterocycles. The second-order valence-corrected chi connectivity index (χ2v) is 3.84. The summed E-state index contributed by atoms with van der Waals surface area (Å²) in [7, 11) is 0. The molecule has 0 N–H and O–H groups in total.